The highest BCUT2D eigenvalue weighted by Crippen LogP contribution is 2.37. The molecule has 0 bridgehead atoms. The average molecular weight is 460 g/mol. The maximum Gasteiger partial charge on any atom is 0.237 e. The Balaban J connectivity index is 1.44. The smallest absolute Gasteiger partial charge is 0.237 e. The Hall–Kier alpha value is -2.41. The van der Waals surface area contributed by atoms with E-state index in [9.17, 15) is 14.4 Å². The first-order valence-electron chi connectivity index (χ1n) is 10.2. The lowest BCUT2D eigenvalue weighted by Crippen LogP contribution is -2.48. The molecule has 2 N–H and O–H groups in total. The molecule has 31 heavy (non-hydrogen) atoms. The van der Waals surface area contributed by atoms with Crippen molar-refractivity contribution in [1.82, 2.24) is 15.5 Å². The first-order chi connectivity index (χ1) is 14.8. The minimum absolute atomic E-state index is 0.0569. The van der Waals surface area contributed by atoms with E-state index < -0.39 is 5.92 Å². The van der Waals surface area contributed by atoms with Gasteiger partial charge in [0.25, 0.3) is 0 Å². The number of likely N-dealkylation sites (N-methyl/N-ethyl adjacent to an activating group) is 1. The van der Waals surface area contributed by atoms with Gasteiger partial charge in [-0.2, -0.15) is 0 Å². The van der Waals surface area contributed by atoms with Crippen LogP contribution in [0.15, 0.2) is 36.4 Å². The maximum absolute atomic E-state index is 12.8. The van der Waals surface area contributed by atoms with Gasteiger partial charge < -0.3 is 5.32 Å². The summed E-state index contributed by atoms with van der Waals surface area (Å²) < 4.78 is 0. The van der Waals surface area contributed by atoms with Gasteiger partial charge in [-0.25, -0.2) is 0 Å². The van der Waals surface area contributed by atoms with Crippen LogP contribution >= 0.6 is 23.2 Å². The van der Waals surface area contributed by atoms with Gasteiger partial charge in [-0.15, -0.1) is 0 Å². The zero-order valence-electron chi connectivity index (χ0n) is 17.1. The van der Waals surface area contributed by atoms with E-state index in [1.165, 1.54) is 11.1 Å². The Morgan fingerprint density at radius 2 is 1.84 bits per heavy atom. The second-order valence-corrected chi connectivity index (χ2v) is 8.91. The monoisotopic (exact) mass is 459 g/mol. The molecule has 0 spiro atoms. The van der Waals surface area contributed by atoms with E-state index in [0.717, 1.165) is 12.1 Å². The molecule has 3 amide bonds. The van der Waals surface area contributed by atoms with Gasteiger partial charge >= 0.3 is 0 Å². The van der Waals surface area contributed by atoms with Crippen LogP contribution in [0.3, 0.4) is 0 Å². The second-order valence-electron chi connectivity index (χ2n) is 8.10. The number of rotatable bonds is 4. The molecule has 162 valence electrons. The quantitative estimate of drug-likeness (QED) is 0.688. The zero-order chi connectivity index (χ0) is 22.1. The second kappa shape index (κ2) is 8.99. The van der Waals surface area contributed by atoms with Crippen LogP contribution in [0.25, 0.3) is 0 Å². The third kappa shape index (κ3) is 4.61. The molecule has 2 atom stereocenters. The van der Waals surface area contributed by atoms with Gasteiger partial charge in [0.2, 0.25) is 17.7 Å². The lowest BCUT2D eigenvalue weighted by molar-refractivity contribution is -0.134. The third-order valence-corrected chi connectivity index (χ3v) is 6.60. The van der Waals surface area contributed by atoms with E-state index in [2.05, 4.69) is 22.8 Å². The van der Waals surface area contributed by atoms with Crippen LogP contribution in [-0.4, -0.2) is 35.7 Å². The number of hydrogen-bond acceptors (Lipinski definition) is 4. The molecular formula is C23H23Cl2N3O3. The molecular weight excluding hydrogens is 437 g/mol. The van der Waals surface area contributed by atoms with Crippen molar-refractivity contribution in [1.29, 1.82) is 0 Å². The van der Waals surface area contributed by atoms with Crippen LogP contribution in [0.1, 0.15) is 41.0 Å². The van der Waals surface area contributed by atoms with Crippen LogP contribution in [0.4, 0.5) is 0 Å². The topological polar surface area (TPSA) is 78.5 Å². The number of carbonyl (C=O) groups excluding carboxylic acids is 3. The zero-order valence-corrected chi connectivity index (χ0v) is 18.6. The van der Waals surface area contributed by atoms with E-state index in [-0.39, 0.29) is 36.7 Å². The Morgan fingerprint density at radius 3 is 2.52 bits per heavy atom. The van der Waals surface area contributed by atoms with E-state index in [1.54, 1.807) is 12.1 Å². The van der Waals surface area contributed by atoms with Gasteiger partial charge in [0.15, 0.2) is 0 Å². The van der Waals surface area contributed by atoms with Crippen molar-refractivity contribution in [3.05, 3.63) is 68.7 Å². The molecule has 0 radical (unpaired) electrons. The van der Waals surface area contributed by atoms with Gasteiger partial charge in [-0.05, 0) is 48.7 Å². The normalized spacial score (nSPS) is 21.4. The molecule has 0 saturated carbocycles. The van der Waals surface area contributed by atoms with Gasteiger partial charge in [-0.3, -0.25) is 24.6 Å². The highest BCUT2D eigenvalue weighted by molar-refractivity contribution is 6.36. The van der Waals surface area contributed by atoms with Gasteiger partial charge in [0, 0.05) is 35.1 Å². The van der Waals surface area contributed by atoms with Crippen molar-refractivity contribution in [3.8, 4) is 0 Å². The fourth-order valence-corrected chi connectivity index (χ4v) is 5.09. The molecule has 8 heteroatoms. The van der Waals surface area contributed by atoms with E-state index in [4.69, 9.17) is 23.2 Å². The summed E-state index contributed by atoms with van der Waals surface area (Å²) >= 11 is 12.9. The minimum Gasteiger partial charge on any atom is -0.351 e. The number of hydrogen-bond donors (Lipinski definition) is 2. The number of fused-ring (bicyclic) bond motifs is 1. The predicted octanol–water partition coefficient (Wildman–Crippen LogP) is 3.19. The highest BCUT2D eigenvalue weighted by atomic mass is 35.5. The first kappa shape index (κ1) is 21.8. The Morgan fingerprint density at radius 1 is 1.16 bits per heavy atom. The summed E-state index contributed by atoms with van der Waals surface area (Å²) in [6.45, 7) is 1.01. The summed E-state index contributed by atoms with van der Waals surface area (Å²) in [5, 5.41) is 6.02. The van der Waals surface area contributed by atoms with Crippen molar-refractivity contribution in [2.75, 3.05) is 7.05 Å². The number of nitrogens with zero attached hydrogens (tertiary/aromatic N) is 1. The van der Waals surface area contributed by atoms with Crippen LogP contribution in [0.5, 0.6) is 0 Å². The summed E-state index contributed by atoms with van der Waals surface area (Å²) in [6.07, 6.45) is 1.28. The molecule has 4 rings (SSSR count). The number of piperidine rings is 1. The Labute approximate surface area is 190 Å². The molecule has 1 saturated heterocycles. The van der Waals surface area contributed by atoms with Crippen molar-refractivity contribution in [3.63, 3.8) is 0 Å². The van der Waals surface area contributed by atoms with Gasteiger partial charge in [-0.1, -0.05) is 47.5 Å². The number of imide groups is 1. The van der Waals surface area contributed by atoms with Crippen LogP contribution in [0.2, 0.25) is 10.0 Å². The van der Waals surface area contributed by atoms with Gasteiger partial charge in [0.1, 0.15) is 0 Å². The lowest BCUT2D eigenvalue weighted by Gasteiger charge is -2.33. The van der Waals surface area contributed by atoms with Crippen LogP contribution in [0, 0.1) is 0 Å². The SMILES string of the molecule is CN1Cc2ccccc2CC1C(=O)NCc1cc(Cl)c(C2CCC(=O)NC2=O)c(Cl)c1. The lowest BCUT2D eigenvalue weighted by atomic mass is 9.90. The number of amides is 3. The number of benzene rings is 2. The summed E-state index contributed by atoms with van der Waals surface area (Å²) in [7, 11) is 1.95. The van der Waals surface area contributed by atoms with Crippen molar-refractivity contribution in [2.45, 2.75) is 44.3 Å². The molecule has 2 aliphatic rings. The predicted molar refractivity (Wildman–Crippen MR) is 119 cm³/mol. The summed E-state index contributed by atoms with van der Waals surface area (Å²) in [5.41, 5.74) is 3.71. The van der Waals surface area contributed by atoms with Crippen molar-refractivity contribution >= 4 is 40.9 Å². The molecule has 0 aromatic heterocycles. The summed E-state index contributed by atoms with van der Waals surface area (Å²) in [4.78, 5) is 38.5. The number of halogens is 2. The fourth-order valence-electron chi connectivity index (χ4n) is 4.29. The molecule has 2 aliphatic heterocycles. The molecule has 2 aromatic rings. The average Bonchev–Trinajstić information content (AvgIpc) is 2.72. The summed E-state index contributed by atoms with van der Waals surface area (Å²) in [5.74, 6) is -1.29. The molecule has 2 aromatic carbocycles. The van der Waals surface area contributed by atoms with E-state index in [1.807, 2.05) is 24.1 Å². The first-order valence-corrected chi connectivity index (χ1v) is 11.0. The van der Waals surface area contributed by atoms with Crippen molar-refractivity contribution in [2.24, 2.45) is 0 Å². The van der Waals surface area contributed by atoms with E-state index >= 15 is 0 Å². The van der Waals surface area contributed by atoms with Crippen LogP contribution < -0.4 is 10.6 Å². The van der Waals surface area contributed by atoms with Gasteiger partial charge in [0.05, 0.1) is 12.0 Å². The standard InChI is InChI=1S/C23H23Cl2N3O3/c1-28-12-15-5-3-2-4-14(15)10-19(28)23(31)26-11-13-8-17(24)21(18(25)9-13)16-6-7-20(29)27-22(16)30/h2-5,8-9,16,19H,6-7,10-12H2,1H3,(H,26,31)(H,27,29,30). The Kier molecular flexibility index (Phi) is 6.32. The number of carbonyl (C=O) groups is 3. The van der Waals surface area contributed by atoms with Crippen LogP contribution in [-0.2, 0) is 33.9 Å². The number of nitrogens with one attached hydrogen (secondary N) is 2. The summed E-state index contributed by atoms with van der Waals surface area (Å²) in [6, 6.07) is 11.3. The molecule has 1 fully saturated rings. The molecule has 2 heterocycles. The molecule has 2 unspecified atom stereocenters. The largest absolute Gasteiger partial charge is 0.351 e. The fraction of sp³-hybridized carbons (Fsp3) is 0.348. The molecule has 0 aliphatic carbocycles. The molecule has 6 nitrogen and oxygen atoms in total. The maximum atomic E-state index is 12.8. The Bertz CT molecular complexity index is 1030. The highest BCUT2D eigenvalue weighted by Gasteiger charge is 2.32. The third-order valence-electron chi connectivity index (χ3n) is 5.98. The van der Waals surface area contributed by atoms with Crippen molar-refractivity contribution < 1.29 is 14.4 Å². The minimum atomic E-state index is -0.558. The van der Waals surface area contributed by atoms with E-state index in [0.29, 0.717) is 28.5 Å².